The monoisotopic (exact) mass is 297 g/mol. The quantitative estimate of drug-likeness (QED) is 0.676. The summed E-state index contributed by atoms with van der Waals surface area (Å²) in [5, 5.41) is 3.10. The van der Waals surface area contributed by atoms with Gasteiger partial charge in [0.25, 0.3) is 0 Å². The van der Waals surface area contributed by atoms with Crippen LogP contribution in [-0.4, -0.2) is 43.0 Å². The summed E-state index contributed by atoms with van der Waals surface area (Å²) in [5.41, 5.74) is 6.02. The lowest BCUT2D eigenvalue weighted by molar-refractivity contribution is -0.126. The molecule has 1 saturated carbocycles. The number of nitrogens with zero attached hydrogens (tertiary/aromatic N) is 1. The van der Waals surface area contributed by atoms with E-state index in [9.17, 15) is 4.79 Å². The van der Waals surface area contributed by atoms with Crippen LogP contribution in [0, 0.1) is 11.8 Å². The first-order valence-corrected chi connectivity index (χ1v) is 8.65. The molecule has 4 nitrogen and oxygen atoms in total. The first-order valence-electron chi connectivity index (χ1n) is 8.65. The first kappa shape index (κ1) is 18.4. The fourth-order valence-corrected chi connectivity index (χ4v) is 3.05. The van der Waals surface area contributed by atoms with Gasteiger partial charge in [-0.3, -0.25) is 4.79 Å². The topological polar surface area (TPSA) is 58.4 Å². The lowest BCUT2D eigenvalue weighted by Crippen LogP contribution is -2.38. The molecule has 0 radical (unpaired) electrons. The van der Waals surface area contributed by atoms with Crippen molar-refractivity contribution in [3.8, 4) is 0 Å². The standard InChI is InChI=1S/C17H35N3O/c1-13(2)20(4)11-6-5-10-19-17(21)14(3)15-8-7-9-16(18)12-15/h13-16H,5-12,18H2,1-4H3,(H,19,21). The Hall–Kier alpha value is -0.610. The maximum Gasteiger partial charge on any atom is 0.223 e. The summed E-state index contributed by atoms with van der Waals surface area (Å²) in [4.78, 5) is 14.5. The molecule has 0 spiro atoms. The van der Waals surface area contributed by atoms with Gasteiger partial charge in [0.2, 0.25) is 5.91 Å². The second-order valence-corrected chi connectivity index (χ2v) is 7.05. The second-order valence-electron chi connectivity index (χ2n) is 7.05. The number of unbranched alkanes of at least 4 members (excludes halogenated alkanes) is 1. The number of nitrogens with one attached hydrogen (secondary N) is 1. The summed E-state index contributed by atoms with van der Waals surface area (Å²) in [7, 11) is 2.15. The maximum atomic E-state index is 12.2. The van der Waals surface area contributed by atoms with Gasteiger partial charge in [-0.15, -0.1) is 0 Å². The van der Waals surface area contributed by atoms with Crippen LogP contribution in [0.1, 0.15) is 59.3 Å². The van der Waals surface area contributed by atoms with Gasteiger partial charge in [0.05, 0.1) is 0 Å². The minimum absolute atomic E-state index is 0.106. The number of carbonyl (C=O) groups is 1. The molecular formula is C17H35N3O. The van der Waals surface area contributed by atoms with Crippen molar-refractivity contribution in [1.82, 2.24) is 10.2 Å². The molecule has 1 amide bonds. The summed E-state index contributed by atoms with van der Waals surface area (Å²) >= 11 is 0. The van der Waals surface area contributed by atoms with Crippen LogP contribution in [0.15, 0.2) is 0 Å². The van der Waals surface area contributed by atoms with E-state index in [1.165, 1.54) is 6.42 Å². The van der Waals surface area contributed by atoms with Crippen LogP contribution in [0.2, 0.25) is 0 Å². The average molecular weight is 297 g/mol. The predicted octanol–water partition coefficient (Wildman–Crippen LogP) is 2.38. The lowest BCUT2D eigenvalue weighted by Gasteiger charge is -2.30. The molecule has 1 aliphatic carbocycles. The molecular weight excluding hydrogens is 262 g/mol. The third-order valence-electron chi connectivity index (χ3n) is 4.99. The van der Waals surface area contributed by atoms with Crippen LogP contribution in [-0.2, 0) is 4.79 Å². The summed E-state index contributed by atoms with van der Waals surface area (Å²) in [5.74, 6) is 0.793. The Kier molecular flexibility index (Phi) is 8.27. The Morgan fingerprint density at radius 2 is 2.00 bits per heavy atom. The number of nitrogens with two attached hydrogens (primary N) is 1. The molecule has 0 aliphatic heterocycles. The van der Waals surface area contributed by atoms with Gasteiger partial charge < -0.3 is 16.0 Å². The smallest absolute Gasteiger partial charge is 0.223 e. The van der Waals surface area contributed by atoms with Crippen LogP contribution in [0.4, 0.5) is 0 Å². The number of carbonyl (C=O) groups excluding carboxylic acids is 1. The second kappa shape index (κ2) is 9.42. The molecule has 3 unspecified atom stereocenters. The van der Waals surface area contributed by atoms with Gasteiger partial charge in [-0.05, 0) is 65.5 Å². The Labute approximate surface area is 130 Å². The number of hydrogen-bond acceptors (Lipinski definition) is 3. The van der Waals surface area contributed by atoms with E-state index in [0.29, 0.717) is 18.0 Å². The molecule has 0 aromatic heterocycles. The summed E-state index contributed by atoms with van der Waals surface area (Å²) in [6.45, 7) is 8.37. The normalized spacial score (nSPS) is 24.3. The molecule has 4 heteroatoms. The van der Waals surface area contributed by atoms with Gasteiger partial charge in [-0.25, -0.2) is 0 Å². The molecule has 1 rings (SSSR count). The van der Waals surface area contributed by atoms with Crippen LogP contribution in [0.3, 0.4) is 0 Å². The van der Waals surface area contributed by atoms with E-state index in [1.54, 1.807) is 0 Å². The molecule has 0 aromatic rings. The van der Waals surface area contributed by atoms with Crippen LogP contribution >= 0.6 is 0 Å². The highest BCUT2D eigenvalue weighted by Gasteiger charge is 2.28. The van der Waals surface area contributed by atoms with Gasteiger partial charge in [-0.1, -0.05) is 13.3 Å². The summed E-state index contributed by atoms with van der Waals surface area (Å²) in [6, 6.07) is 0.890. The molecule has 1 aliphatic rings. The van der Waals surface area contributed by atoms with Crippen molar-refractivity contribution in [3.63, 3.8) is 0 Å². The largest absolute Gasteiger partial charge is 0.356 e. The molecule has 0 heterocycles. The first-order chi connectivity index (χ1) is 9.91. The van der Waals surface area contributed by atoms with E-state index in [1.807, 2.05) is 0 Å². The van der Waals surface area contributed by atoms with Gasteiger partial charge in [0, 0.05) is 24.5 Å². The third-order valence-corrected chi connectivity index (χ3v) is 4.99. The Morgan fingerprint density at radius 1 is 1.29 bits per heavy atom. The molecule has 3 N–H and O–H groups in total. The third kappa shape index (κ3) is 6.79. The van der Waals surface area contributed by atoms with Crippen molar-refractivity contribution in [2.45, 2.75) is 71.4 Å². The molecule has 1 fully saturated rings. The van der Waals surface area contributed by atoms with Crippen molar-refractivity contribution >= 4 is 5.91 Å². The SMILES string of the molecule is CC(C(=O)NCCCCN(C)C(C)C)C1CCCC(N)C1. The summed E-state index contributed by atoms with van der Waals surface area (Å²) in [6.07, 6.45) is 6.64. The summed E-state index contributed by atoms with van der Waals surface area (Å²) < 4.78 is 0. The number of hydrogen-bond donors (Lipinski definition) is 2. The zero-order chi connectivity index (χ0) is 15.8. The maximum absolute atomic E-state index is 12.2. The van der Waals surface area contributed by atoms with E-state index in [4.69, 9.17) is 5.73 Å². The highest BCUT2D eigenvalue weighted by molar-refractivity contribution is 5.78. The van der Waals surface area contributed by atoms with E-state index in [0.717, 1.165) is 45.2 Å². The molecule has 0 saturated heterocycles. The number of amides is 1. The fourth-order valence-electron chi connectivity index (χ4n) is 3.05. The van der Waals surface area contributed by atoms with Crippen LogP contribution in [0.25, 0.3) is 0 Å². The molecule has 0 aromatic carbocycles. The minimum Gasteiger partial charge on any atom is -0.356 e. The van der Waals surface area contributed by atoms with Crippen molar-refractivity contribution in [1.29, 1.82) is 0 Å². The van der Waals surface area contributed by atoms with Crippen LogP contribution in [0.5, 0.6) is 0 Å². The van der Waals surface area contributed by atoms with Crippen molar-refractivity contribution in [3.05, 3.63) is 0 Å². The van der Waals surface area contributed by atoms with E-state index in [-0.39, 0.29) is 11.8 Å². The Balaban J connectivity index is 2.15. The molecule has 124 valence electrons. The van der Waals surface area contributed by atoms with Crippen molar-refractivity contribution in [2.24, 2.45) is 17.6 Å². The van der Waals surface area contributed by atoms with E-state index < -0.39 is 0 Å². The van der Waals surface area contributed by atoms with E-state index >= 15 is 0 Å². The van der Waals surface area contributed by atoms with Gasteiger partial charge in [0.1, 0.15) is 0 Å². The van der Waals surface area contributed by atoms with E-state index in [2.05, 4.69) is 38.0 Å². The van der Waals surface area contributed by atoms with Crippen molar-refractivity contribution in [2.75, 3.05) is 20.1 Å². The van der Waals surface area contributed by atoms with Crippen LogP contribution < -0.4 is 11.1 Å². The van der Waals surface area contributed by atoms with Gasteiger partial charge >= 0.3 is 0 Å². The highest BCUT2D eigenvalue weighted by atomic mass is 16.1. The predicted molar refractivity (Wildman–Crippen MR) is 89.1 cm³/mol. The zero-order valence-corrected chi connectivity index (χ0v) is 14.4. The molecule has 21 heavy (non-hydrogen) atoms. The zero-order valence-electron chi connectivity index (χ0n) is 14.4. The average Bonchev–Trinajstić information content (AvgIpc) is 2.45. The Morgan fingerprint density at radius 3 is 2.62 bits per heavy atom. The lowest BCUT2D eigenvalue weighted by atomic mass is 9.78. The molecule has 0 bridgehead atoms. The van der Waals surface area contributed by atoms with Gasteiger partial charge in [0.15, 0.2) is 0 Å². The van der Waals surface area contributed by atoms with Crippen molar-refractivity contribution < 1.29 is 4.79 Å². The Bertz CT molecular complexity index is 306. The minimum atomic E-state index is 0.106. The fraction of sp³-hybridized carbons (Fsp3) is 0.941. The molecule has 3 atom stereocenters. The number of rotatable bonds is 8. The van der Waals surface area contributed by atoms with Gasteiger partial charge in [-0.2, -0.15) is 0 Å². The highest BCUT2D eigenvalue weighted by Crippen LogP contribution is 2.29.